The summed E-state index contributed by atoms with van der Waals surface area (Å²) in [5, 5.41) is 14.2. The number of carboxylic acid groups (broad SMARTS) is 2. The Hall–Kier alpha value is -3.60. The lowest BCUT2D eigenvalue weighted by atomic mass is 9.89. The molecule has 2 N–H and O–H groups in total. The maximum atomic E-state index is 13.0. The van der Waals surface area contributed by atoms with Crippen LogP contribution in [0.5, 0.6) is 0 Å². The predicted octanol–water partition coefficient (Wildman–Crippen LogP) is 3.15. The molecular formula is C22H24F7N5O5. The summed E-state index contributed by atoms with van der Waals surface area (Å²) in [6, 6.07) is 4.13. The summed E-state index contributed by atoms with van der Waals surface area (Å²) in [4.78, 5) is 34.7. The van der Waals surface area contributed by atoms with Crippen molar-refractivity contribution in [2.75, 3.05) is 37.7 Å². The number of likely N-dealkylation sites (tertiary alicyclic amines) is 1. The molecule has 0 saturated carbocycles. The van der Waals surface area contributed by atoms with Crippen LogP contribution in [0.25, 0.3) is 0 Å². The average Bonchev–Trinajstić information content (AvgIpc) is 2.86. The highest BCUT2D eigenvalue weighted by Crippen LogP contribution is 2.31. The molecule has 0 atom stereocenters. The third kappa shape index (κ3) is 10.6. The lowest BCUT2D eigenvalue weighted by Crippen LogP contribution is -2.57. The third-order valence-corrected chi connectivity index (χ3v) is 5.55. The van der Waals surface area contributed by atoms with Crippen LogP contribution in [0.15, 0.2) is 36.9 Å². The van der Waals surface area contributed by atoms with Crippen molar-refractivity contribution in [3.8, 4) is 0 Å². The number of morpholine rings is 1. The highest BCUT2D eigenvalue weighted by atomic mass is 19.4. The van der Waals surface area contributed by atoms with E-state index in [9.17, 15) is 30.7 Å². The minimum atomic E-state index is -5.08. The molecule has 0 bridgehead atoms. The molecule has 4 rings (SSSR count). The van der Waals surface area contributed by atoms with E-state index in [2.05, 4.69) is 36.9 Å². The molecule has 0 aliphatic carbocycles. The number of halogens is 7. The SMILES string of the molecule is Fc1cnc(N2CCOC3(CCN(Cc4ccncc4)CC3)C2)nc1.O=C(O)C(F)(F)F.O=C(O)C(F)(F)F. The normalized spacial score (nSPS) is 17.4. The number of pyridine rings is 1. The smallest absolute Gasteiger partial charge is 0.475 e. The fourth-order valence-corrected chi connectivity index (χ4v) is 3.65. The Morgan fingerprint density at radius 2 is 1.41 bits per heavy atom. The Labute approximate surface area is 217 Å². The molecule has 0 unspecified atom stereocenters. The van der Waals surface area contributed by atoms with Crippen LogP contribution in [-0.4, -0.2) is 92.7 Å². The van der Waals surface area contributed by atoms with E-state index in [-0.39, 0.29) is 5.60 Å². The van der Waals surface area contributed by atoms with Gasteiger partial charge in [-0.25, -0.2) is 23.9 Å². The van der Waals surface area contributed by atoms with Crippen molar-refractivity contribution in [1.29, 1.82) is 0 Å². The summed E-state index contributed by atoms with van der Waals surface area (Å²) in [7, 11) is 0. The number of ether oxygens (including phenoxy) is 1. The minimum absolute atomic E-state index is 0.148. The van der Waals surface area contributed by atoms with Gasteiger partial charge in [0.1, 0.15) is 0 Å². The van der Waals surface area contributed by atoms with E-state index >= 15 is 0 Å². The van der Waals surface area contributed by atoms with Gasteiger partial charge in [-0.05, 0) is 30.5 Å². The van der Waals surface area contributed by atoms with Crippen LogP contribution < -0.4 is 4.90 Å². The number of nitrogens with zero attached hydrogens (tertiary/aromatic N) is 5. The molecule has 0 aromatic carbocycles. The quantitative estimate of drug-likeness (QED) is 0.531. The Kier molecular flexibility index (Phi) is 10.9. The van der Waals surface area contributed by atoms with Crippen molar-refractivity contribution in [2.45, 2.75) is 37.3 Å². The van der Waals surface area contributed by atoms with Crippen molar-refractivity contribution < 1.29 is 55.3 Å². The summed E-state index contributed by atoms with van der Waals surface area (Å²) in [5.41, 5.74) is 1.14. The maximum Gasteiger partial charge on any atom is 0.490 e. The van der Waals surface area contributed by atoms with E-state index in [1.807, 2.05) is 12.4 Å². The molecule has 0 amide bonds. The standard InChI is InChI=1S/C18H22FN5O.2C2HF3O2/c19-16-11-21-17(22-12-16)24-9-10-25-18(14-24)3-7-23(8-4-18)13-15-1-5-20-6-2-15;2*3-2(4,5)1(6)7/h1-2,5-6,11-12H,3-4,7-10,13-14H2;2*(H,6,7). The molecule has 2 saturated heterocycles. The summed E-state index contributed by atoms with van der Waals surface area (Å²) in [6.45, 7) is 5.12. The summed E-state index contributed by atoms with van der Waals surface area (Å²) in [5.74, 6) is -5.33. The molecule has 1 spiro atoms. The fourth-order valence-electron chi connectivity index (χ4n) is 3.65. The lowest BCUT2D eigenvalue weighted by molar-refractivity contribution is -0.193. The molecule has 0 radical (unpaired) electrons. The molecule has 4 heterocycles. The maximum absolute atomic E-state index is 13.0. The largest absolute Gasteiger partial charge is 0.490 e. The van der Waals surface area contributed by atoms with E-state index in [4.69, 9.17) is 24.5 Å². The number of piperidine rings is 1. The van der Waals surface area contributed by atoms with Gasteiger partial charge in [0, 0.05) is 38.6 Å². The molecule has 216 valence electrons. The van der Waals surface area contributed by atoms with Gasteiger partial charge in [0.05, 0.1) is 31.1 Å². The number of anilines is 1. The molecule has 2 aliphatic rings. The monoisotopic (exact) mass is 571 g/mol. The Bertz CT molecular complexity index is 1040. The average molecular weight is 571 g/mol. The highest BCUT2D eigenvalue weighted by molar-refractivity contribution is 5.73. The van der Waals surface area contributed by atoms with Crippen molar-refractivity contribution in [1.82, 2.24) is 19.9 Å². The number of carboxylic acids is 2. The van der Waals surface area contributed by atoms with Gasteiger partial charge < -0.3 is 19.8 Å². The van der Waals surface area contributed by atoms with Gasteiger partial charge in [-0.15, -0.1) is 0 Å². The Morgan fingerprint density at radius 1 is 0.923 bits per heavy atom. The Morgan fingerprint density at radius 3 is 1.87 bits per heavy atom. The number of hydrogen-bond acceptors (Lipinski definition) is 8. The first-order valence-electron chi connectivity index (χ1n) is 11.2. The minimum Gasteiger partial charge on any atom is -0.475 e. The second-order valence-corrected chi connectivity index (χ2v) is 8.39. The summed E-state index contributed by atoms with van der Waals surface area (Å²) >= 11 is 0. The van der Waals surface area contributed by atoms with Gasteiger partial charge in [0.15, 0.2) is 5.82 Å². The van der Waals surface area contributed by atoms with E-state index in [1.165, 1.54) is 18.0 Å². The van der Waals surface area contributed by atoms with Gasteiger partial charge in [-0.2, -0.15) is 26.3 Å². The van der Waals surface area contributed by atoms with Gasteiger partial charge in [-0.1, -0.05) is 0 Å². The van der Waals surface area contributed by atoms with Crippen molar-refractivity contribution in [3.05, 3.63) is 48.3 Å². The van der Waals surface area contributed by atoms with Crippen LogP contribution in [-0.2, 0) is 20.9 Å². The van der Waals surface area contributed by atoms with Gasteiger partial charge in [-0.3, -0.25) is 9.88 Å². The second kappa shape index (κ2) is 13.5. The van der Waals surface area contributed by atoms with E-state index in [0.29, 0.717) is 12.6 Å². The van der Waals surface area contributed by atoms with Crippen LogP contribution in [0.2, 0.25) is 0 Å². The zero-order valence-electron chi connectivity index (χ0n) is 20.1. The molecule has 2 fully saturated rings. The number of aliphatic carboxylic acids is 2. The number of hydrogen-bond donors (Lipinski definition) is 2. The first-order chi connectivity index (χ1) is 18.1. The molecule has 39 heavy (non-hydrogen) atoms. The topological polar surface area (TPSA) is 129 Å². The first-order valence-corrected chi connectivity index (χ1v) is 11.2. The van der Waals surface area contributed by atoms with E-state index in [1.54, 1.807) is 0 Å². The predicted molar refractivity (Wildman–Crippen MR) is 119 cm³/mol. The third-order valence-electron chi connectivity index (χ3n) is 5.55. The van der Waals surface area contributed by atoms with Crippen LogP contribution in [0.4, 0.5) is 36.7 Å². The fraction of sp³-hybridized carbons (Fsp3) is 0.500. The van der Waals surface area contributed by atoms with Crippen molar-refractivity contribution in [2.24, 2.45) is 0 Å². The van der Waals surface area contributed by atoms with Crippen LogP contribution >= 0.6 is 0 Å². The van der Waals surface area contributed by atoms with E-state index < -0.39 is 30.1 Å². The number of carbonyl (C=O) groups is 2. The highest BCUT2D eigenvalue weighted by Gasteiger charge is 2.41. The molecule has 10 nitrogen and oxygen atoms in total. The van der Waals surface area contributed by atoms with Gasteiger partial charge >= 0.3 is 24.3 Å². The Balaban J connectivity index is 0.000000317. The molecule has 2 aromatic heterocycles. The summed E-state index contributed by atoms with van der Waals surface area (Å²) in [6.07, 6.45) is -2.08. The molecule has 2 aromatic rings. The molecule has 17 heteroatoms. The van der Waals surface area contributed by atoms with Crippen LogP contribution in [0, 0.1) is 5.82 Å². The number of rotatable bonds is 3. The summed E-state index contributed by atoms with van der Waals surface area (Å²) < 4.78 is 82.7. The molecular weight excluding hydrogens is 547 g/mol. The molecule has 2 aliphatic heterocycles. The van der Waals surface area contributed by atoms with Gasteiger partial charge in [0.25, 0.3) is 0 Å². The second-order valence-electron chi connectivity index (χ2n) is 8.39. The lowest BCUT2D eigenvalue weighted by Gasteiger charge is -2.47. The zero-order chi connectivity index (χ0) is 29.3. The van der Waals surface area contributed by atoms with E-state index in [0.717, 1.165) is 45.6 Å². The van der Waals surface area contributed by atoms with Crippen LogP contribution in [0.1, 0.15) is 18.4 Å². The van der Waals surface area contributed by atoms with Crippen LogP contribution in [0.3, 0.4) is 0 Å². The number of aromatic nitrogens is 3. The van der Waals surface area contributed by atoms with Crippen molar-refractivity contribution in [3.63, 3.8) is 0 Å². The van der Waals surface area contributed by atoms with Gasteiger partial charge in [0.2, 0.25) is 5.95 Å². The number of alkyl halides is 6. The zero-order valence-corrected chi connectivity index (χ0v) is 20.1. The van der Waals surface area contributed by atoms with Crippen molar-refractivity contribution >= 4 is 17.9 Å². The first kappa shape index (κ1) is 31.6.